The van der Waals surface area contributed by atoms with E-state index in [0.717, 1.165) is 22.5 Å². The van der Waals surface area contributed by atoms with Gasteiger partial charge in [-0.2, -0.15) is 0 Å². The van der Waals surface area contributed by atoms with Gasteiger partial charge in [0.1, 0.15) is 5.82 Å². The Kier molecular flexibility index (Phi) is 8.51. The average molecular weight is 417 g/mol. The Bertz CT molecular complexity index is 841. The number of likely N-dealkylation sites (N-methyl/N-ethyl adjacent to an activating group) is 2. The number of benzene rings is 1. The van der Waals surface area contributed by atoms with Crippen molar-refractivity contribution >= 4 is 27.8 Å². The predicted molar refractivity (Wildman–Crippen MR) is 98.5 cm³/mol. The second-order valence-electron chi connectivity index (χ2n) is 5.87. The van der Waals surface area contributed by atoms with Crippen LogP contribution in [-0.4, -0.2) is 75.7 Å². The Morgan fingerprint density at radius 2 is 1.82 bits per heavy atom. The van der Waals surface area contributed by atoms with Gasteiger partial charge in [0.2, 0.25) is 15.9 Å². The van der Waals surface area contributed by atoms with Crippen molar-refractivity contribution in [2.45, 2.75) is 18.7 Å². The van der Waals surface area contributed by atoms with Gasteiger partial charge in [0, 0.05) is 27.2 Å². The maximum atomic E-state index is 14.0. The van der Waals surface area contributed by atoms with E-state index in [-0.39, 0.29) is 23.9 Å². The van der Waals surface area contributed by atoms with Crippen molar-refractivity contribution in [3.05, 3.63) is 29.6 Å². The number of hydrogen-bond acceptors (Lipinski definition) is 6. The zero-order valence-corrected chi connectivity index (χ0v) is 17.0. The molecular weight excluding hydrogens is 393 g/mol. The summed E-state index contributed by atoms with van der Waals surface area (Å²) in [6.07, 6.45) is 0. The van der Waals surface area contributed by atoms with Crippen molar-refractivity contribution < 1.29 is 31.9 Å². The van der Waals surface area contributed by atoms with Crippen molar-refractivity contribution in [2.75, 3.05) is 40.3 Å². The zero-order valence-electron chi connectivity index (χ0n) is 16.2. The van der Waals surface area contributed by atoms with E-state index in [4.69, 9.17) is 4.74 Å². The minimum atomic E-state index is -3.88. The number of carbonyl (C=O) groups excluding carboxylic acids is 3. The Morgan fingerprint density at radius 1 is 1.18 bits per heavy atom. The van der Waals surface area contributed by atoms with Gasteiger partial charge >= 0.3 is 5.97 Å². The van der Waals surface area contributed by atoms with E-state index in [0.29, 0.717) is 6.54 Å². The van der Waals surface area contributed by atoms with Gasteiger partial charge in [0.15, 0.2) is 6.61 Å². The second-order valence-corrected chi connectivity index (χ2v) is 8.02. The van der Waals surface area contributed by atoms with Crippen molar-refractivity contribution in [1.29, 1.82) is 0 Å². The number of halogens is 1. The van der Waals surface area contributed by atoms with E-state index in [2.05, 4.69) is 5.32 Å². The Balaban J connectivity index is 2.88. The van der Waals surface area contributed by atoms with Crippen LogP contribution in [0.15, 0.2) is 23.1 Å². The van der Waals surface area contributed by atoms with Gasteiger partial charge in [0.25, 0.3) is 5.91 Å². The van der Waals surface area contributed by atoms with Crippen LogP contribution in [0.1, 0.15) is 24.2 Å². The highest BCUT2D eigenvalue weighted by atomic mass is 32.2. The Hall–Kier alpha value is -2.53. The van der Waals surface area contributed by atoms with Crippen LogP contribution >= 0.6 is 0 Å². The van der Waals surface area contributed by atoms with Crippen molar-refractivity contribution in [3.63, 3.8) is 0 Å². The third kappa shape index (κ3) is 5.99. The number of ether oxygens (including phenoxy) is 1. The summed E-state index contributed by atoms with van der Waals surface area (Å²) >= 11 is 0. The number of sulfonamides is 1. The van der Waals surface area contributed by atoms with Crippen LogP contribution in [0.25, 0.3) is 0 Å². The summed E-state index contributed by atoms with van der Waals surface area (Å²) < 4.78 is 43.9. The van der Waals surface area contributed by atoms with Gasteiger partial charge in [-0.1, -0.05) is 0 Å². The normalized spacial score (nSPS) is 11.2. The molecule has 0 radical (unpaired) electrons. The SMILES string of the molecule is CCNC(=O)CN(CC)C(=O)COC(=O)c1cc(S(=O)(=O)N(C)C)ccc1F. The predicted octanol–water partition coefficient (Wildman–Crippen LogP) is 0.217. The van der Waals surface area contributed by atoms with Crippen LogP contribution in [0.2, 0.25) is 0 Å². The van der Waals surface area contributed by atoms with E-state index in [9.17, 15) is 27.2 Å². The maximum Gasteiger partial charge on any atom is 0.341 e. The topological polar surface area (TPSA) is 113 Å². The van der Waals surface area contributed by atoms with Crippen LogP contribution in [0, 0.1) is 5.82 Å². The van der Waals surface area contributed by atoms with Gasteiger partial charge < -0.3 is 15.0 Å². The molecule has 9 nitrogen and oxygen atoms in total. The Morgan fingerprint density at radius 3 is 2.36 bits per heavy atom. The molecule has 0 bridgehead atoms. The molecule has 0 atom stereocenters. The lowest BCUT2D eigenvalue weighted by atomic mass is 10.2. The van der Waals surface area contributed by atoms with Crippen molar-refractivity contribution in [2.24, 2.45) is 0 Å². The number of nitrogens with one attached hydrogen (secondary N) is 1. The molecule has 0 saturated heterocycles. The van der Waals surface area contributed by atoms with E-state index in [1.807, 2.05) is 0 Å². The summed E-state index contributed by atoms with van der Waals surface area (Å²) in [7, 11) is -1.29. The summed E-state index contributed by atoms with van der Waals surface area (Å²) in [6, 6.07) is 2.71. The molecular formula is C17H24FN3O6S. The van der Waals surface area contributed by atoms with Crippen LogP contribution in [0.3, 0.4) is 0 Å². The molecule has 156 valence electrons. The number of nitrogens with zero attached hydrogens (tertiary/aromatic N) is 2. The fourth-order valence-electron chi connectivity index (χ4n) is 2.13. The molecule has 1 aromatic rings. The highest BCUT2D eigenvalue weighted by Gasteiger charge is 2.23. The minimum absolute atomic E-state index is 0.203. The highest BCUT2D eigenvalue weighted by Crippen LogP contribution is 2.18. The molecule has 0 unspecified atom stereocenters. The summed E-state index contributed by atoms with van der Waals surface area (Å²) in [4.78, 5) is 36.7. The molecule has 0 aromatic heterocycles. The van der Waals surface area contributed by atoms with Crippen LogP contribution in [-0.2, 0) is 24.3 Å². The lowest BCUT2D eigenvalue weighted by molar-refractivity contribution is -0.138. The van der Waals surface area contributed by atoms with Gasteiger partial charge in [0.05, 0.1) is 17.0 Å². The summed E-state index contributed by atoms with van der Waals surface area (Å²) in [5.41, 5.74) is -0.609. The van der Waals surface area contributed by atoms with Gasteiger partial charge in [-0.05, 0) is 32.0 Å². The van der Waals surface area contributed by atoms with Crippen molar-refractivity contribution in [3.8, 4) is 0 Å². The standard InChI is InChI=1S/C17H24FN3O6S/c1-5-19-15(22)10-21(6-2)16(23)11-27-17(24)13-9-12(7-8-14(13)18)28(25,26)20(3)4/h7-9H,5-6,10-11H2,1-4H3,(H,19,22). The summed E-state index contributed by atoms with van der Waals surface area (Å²) in [6.45, 7) is 3.08. The summed E-state index contributed by atoms with van der Waals surface area (Å²) in [5.74, 6) is -3.17. The monoisotopic (exact) mass is 417 g/mol. The van der Waals surface area contributed by atoms with E-state index in [1.165, 1.54) is 19.0 Å². The summed E-state index contributed by atoms with van der Waals surface area (Å²) in [5, 5.41) is 2.54. The third-order valence-electron chi connectivity index (χ3n) is 3.71. The van der Waals surface area contributed by atoms with E-state index in [1.54, 1.807) is 13.8 Å². The first kappa shape index (κ1) is 23.5. The number of amides is 2. The zero-order chi connectivity index (χ0) is 21.5. The first-order valence-corrected chi connectivity index (χ1v) is 9.92. The van der Waals surface area contributed by atoms with Gasteiger partial charge in [-0.3, -0.25) is 9.59 Å². The molecule has 0 heterocycles. The van der Waals surface area contributed by atoms with Gasteiger partial charge in [-0.15, -0.1) is 0 Å². The van der Waals surface area contributed by atoms with E-state index >= 15 is 0 Å². The minimum Gasteiger partial charge on any atom is -0.452 e. The molecule has 28 heavy (non-hydrogen) atoms. The molecule has 11 heteroatoms. The second kappa shape index (κ2) is 10.1. The molecule has 1 N–H and O–H groups in total. The van der Waals surface area contributed by atoms with Crippen LogP contribution in [0.4, 0.5) is 4.39 Å². The third-order valence-corrected chi connectivity index (χ3v) is 5.52. The number of carbonyl (C=O) groups is 3. The first-order chi connectivity index (χ1) is 13.0. The van der Waals surface area contributed by atoms with Crippen LogP contribution < -0.4 is 5.32 Å². The fraction of sp³-hybridized carbons (Fsp3) is 0.471. The number of rotatable bonds is 9. The molecule has 1 rings (SSSR count). The highest BCUT2D eigenvalue weighted by molar-refractivity contribution is 7.89. The van der Waals surface area contributed by atoms with Gasteiger partial charge in [-0.25, -0.2) is 21.9 Å². The van der Waals surface area contributed by atoms with Crippen LogP contribution in [0.5, 0.6) is 0 Å². The molecule has 0 aliphatic carbocycles. The Labute approximate surface area is 163 Å². The molecule has 2 amide bonds. The largest absolute Gasteiger partial charge is 0.452 e. The molecule has 1 aromatic carbocycles. The smallest absolute Gasteiger partial charge is 0.341 e. The van der Waals surface area contributed by atoms with E-state index < -0.39 is 39.9 Å². The molecule has 0 aliphatic rings. The maximum absolute atomic E-state index is 14.0. The number of hydrogen-bond donors (Lipinski definition) is 1. The quantitative estimate of drug-likeness (QED) is 0.575. The average Bonchev–Trinajstić information content (AvgIpc) is 2.64. The first-order valence-electron chi connectivity index (χ1n) is 8.48. The lowest BCUT2D eigenvalue weighted by Crippen LogP contribution is -2.42. The van der Waals surface area contributed by atoms with Crippen molar-refractivity contribution in [1.82, 2.24) is 14.5 Å². The fourth-order valence-corrected chi connectivity index (χ4v) is 3.06. The molecule has 0 saturated carbocycles. The molecule has 0 fully saturated rings. The molecule has 0 aliphatic heterocycles. The molecule has 0 spiro atoms. The lowest BCUT2D eigenvalue weighted by Gasteiger charge is -2.20. The number of esters is 1.